The number of nitriles is 1. The Bertz CT molecular complexity index is 1130. The van der Waals surface area contributed by atoms with Crippen molar-refractivity contribution in [2.24, 2.45) is 0 Å². The van der Waals surface area contributed by atoms with Crippen molar-refractivity contribution < 1.29 is 22.6 Å². The van der Waals surface area contributed by atoms with Crippen LogP contribution in [0.1, 0.15) is 16.7 Å². The molecule has 2 heterocycles. The third-order valence-electron chi connectivity index (χ3n) is 4.71. The zero-order chi connectivity index (χ0) is 21.8. The second kappa shape index (κ2) is 8.90. The van der Waals surface area contributed by atoms with Gasteiger partial charge in [-0.05, 0) is 36.2 Å². The fraction of sp³-hybridized carbons (Fsp3) is 0.217. The van der Waals surface area contributed by atoms with Gasteiger partial charge in [0, 0.05) is 11.3 Å². The topological polar surface area (TPSA) is 55.1 Å². The molecule has 1 aliphatic rings. The molecular weight excluding hydrogens is 425 g/mol. The number of hydrogen-bond acceptors (Lipinski definition) is 5. The number of halogens is 3. The van der Waals surface area contributed by atoms with E-state index in [0.29, 0.717) is 42.4 Å². The van der Waals surface area contributed by atoms with Crippen LogP contribution in [0.4, 0.5) is 13.2 Å². The average Bonchev–Trinajstić information content (AvgIpc) is 2.78. The standard InChI is InChI=1S/C23H17F3N2O2S/c24-23(25,26)18-13-19(16-6-7-20-21(12-16)30-10-9-29-20)28-22(17(18)14-27)31-11-8-15-4-2-1-3-5-15/h1-7,12-13H,8-11H2. The number of benzene rings is 2. The number of pyridine rings is 1. The lowest BCUT2D eigenvalue weighted by atomic mass is 10.0. The van der Waals surface area contributed by atoms with E-state index in [1.165, 1.54) is 0 Å². The zero-order valence-corrected chi connectivity index (χ0v) is 17.1. The van der Waals surface area contributed by atoms with Crippen molar-refractivity contribution in [1.82, 2.24) is 4.98 Å². The summed E-state index contributed by atoms with van der Waals surface area (Å²) in [5, 5.41) is 9.53. The molecule has 31 heavy (non-hydrogen) atoms. The maximum atomic E-state index is 13.7. The van der Waals surface area contributed by atoms with Crippen LogP contribution in [-0.4, -0.2) is 24.0 Å². The van der Waals surface area contributed by atoms with Gasteiger partial charge < -0.3 is 9.47 Å². The Morgan fingerprint density at radius 3 is 2.45 bits per heavy atom. The van der Waals surface area contributed by atoms with Crippen LogP contribution < -0.4 is 9.47 Å². The molecule has 0 amide bonds. The van der Waals surface area contributed by atoms with Crippen molar-refractivity contribution in [2.45, 2.75) is 17.6 Å². The Kier molecular flexibility index (Phi) is 6.05. The van der Waals surface area contributed by atoms with E-state index in [1.807, 2.05) is 30.3 Å². The Hall–Kier alpha value is -3.18. The summed E-state index contributed by atoms with van der Waals surface area (Å²) in [5.41, 5.74) is 0.214. The van der Waals surface area contributed by atoms with E-state index in [4.69, 9.17) is 9.47 Å². The largest absolute Gasteiger partial charge is 0.486 e. The molecule has 158 valence electrons. The number of thioether (sulfide) groups is 1. The number of hydrogen-bond donors (Lipinski definition) is 0. The van der Waals surface area contributed by atoms with Gasteiger partial charge in [-0.1, -0.05) is 30.3 Å². The van der Waals surface area contributed by atoms with Crippen molar-refractivity contribution in [3.05, 3.63) is 71.3 Å². The number of alkyl halides is 3. The monoisotopic (exact) mass is 442 g/mol. The summed E-state index contributed by atoms with van der Waals surface area (Å²) in [5.74, 6) is 1.49. The van der Waals surface area contributed by atoms with Gasteiger partial charge >= 0.3 is 6.18 Å². The smallest absolute Gasteiger partial charge is 0.417 e. The zero-order valence-electron chi connectivity index (χ0n) is 16.3. The SMILES string of the molecule is N#Cc1c(C(F)(F)F)cc(-c2ccc3c(c2)OCCO3)nc1SCCc1ccccc1. The predicted molar refractivity (Wildman–Crippen MR) is 111 cm³/mol. The highest BCUT2D eigenvalue weighted by molar-refractivity contribution is 7.99. The summed E-state index contributed by atoms with van der Waals surface area (Å²) < 4.78 is 52.2. The van der Waals surface area contributed by atoms with Crippen LogP contribution >= 0.6 is 11.8 Å². The molecule has 4 rings (SSSR count). The minimum absolute atomic E-state index is 0.0677. The molecule has 3 aromatic rings. The summed E-state index contributed by atoms with van der Waals surface area (Å²) in [4.78, 5) is 4.41. The summed E-state index contributed by atoms with van der Waals surface area (Å²) in [6.07, 6.45) is -4.03. The highest BCUT2D eigenvalue weighted by Crippen LogP contribution is 2.40. The highest BCUT2D eigenvalue weighted by Gasteiger charge is 2.36. The van der Waals surface area contributed by atoms with Gasteiger partial charge in [-0.15, -0.1) is 11.8 Å². The normalized spacial score (nSPS) is 13.0. The Balaban J connectivity index is 1.70. The van der Waals surface area contributed by atoms with E-state index < -0.39 is 17.3 Å². The van der Waals surface area contributed by atoms with Gasteiger partial charge in [0.05, 0.1) is 16.8 Å². The molecular formula is C23H17F3N2O2S. The van der Waals surface area contributed by atoms with E-state index in [9.17, 15) is 18.4 Å². The lowest BCUT2D eigenvalue weighted by Gasteiger charge is -2.19. The first kappa shape index (κ1) is 21.1. The molecule has 0 radical (unpaired) electrons. The first-order chi connectivity index (χ1) is 15.0. The molecule has 0 N–H and O–H groups in total. The van der Waals surface area contributed by atoms with Crippen molar-refractivity contribution >= 4 is 11.8 Å². The molecule has 0 unspecified atom stereocenters. The van der Waals surface area contributed by atoms with Gasteiger partial charge in [-0.3, -0.25) is 0 Å². The molecule has 8 heteroatoms. The van der Waals surface area contributed by atoms with Crippen LogP contribution in [0.5, 0.6) is 11.5 Å². The number of fused-ring (bicyclic) bond motifs is 1. The molecule has 0 aliphatic carbocycles. The van der Waals surface area contributed by atoms with Crippen LogP contribution in [0, 0.1) is 11.3 Å². The molecule has 0 saturated carbocycles. The third-order valence-corrected chi connectivity index (χ3v) is 5.69. The maximum Gasteiger partial charge on any atom is 0.417 e. The van der Waals surface area contributed by atoms with Crippen LogP contribution in [0.25, 0.3) is 11.3 Å². The van der Waals surface area contributed by atoms with E-state index in [-0.39, 0.29) is 10.7 Å². The number of aromatic nitrogens is 1. The Labute approximate surface area is 181 Å². The van der Waals surface area contributed by atoms with Crippen LogP contribution in [0.15, 0.2) is 59.6 Å². The molecule has 0 bridgehead atoms. The number of ether oxygens (including phenoxy) is 2. The van der Waals surface area contributed by atoms with E-state index in [2.05, 4.69) is 4.98 Å². The van der Waals surface area contributed by atoms with E-state index in [0.717, 1.165) is 23.4 Å². The summed E-state index contributed by atoms with van der Waals surface area (Å²) in [7, 11) is 0. The van der Waals surface area contributed by atoms with Crippen LogP contribution in [0.3, 0.4) is 0 Å². The number of rotatable bonds is 5. The van der Waals surface area contributed by atoms with Gasteiger partial charge in [0.2, 0.25) is 0 Å². The quantitative estimate of drug-likeness (QED) is 0.471. The average molecular weight is 442 g/mol. The molecule has 0 saturated heterocycles. The molecule has 2 aromatic carbocycles. The second-order valence-electron chi connectivity index (χ2n) is 6.79. The molecule has 0 spiro atoms. The van der Waals surface area contributed by atoms with Crippen molar-refractivity contribution in [3.63, 3.8) is 0 Å². The summed E-state index contributed by atoms with van der Waals surface area (Å²) >= 11 is 1.14. The molecule has 1 aliphatic heterocycles. The van der Waals surface area contributed by atoms with E-state index in [1.54, 1.807) is 24.3 Å². The minimum atomic E-state index is -4.68. The minimum Gasteiger partial charge on any atom is -0.486 e. The van der Waals surface area contributed by atoms with Gasteiger partial charge in [0.25, 0.3) is 0 Å². The first-order valence-electron chi connectivity index (χ1n) is 9.55. The van der Waals surface area contributed by atoms with Crippen molar-refractivity contribution in [3.8, 4) is 28.8 Å². The fourth-order valence-electron chi connectivity index (χ4n) is 3.22. The van der Waals surface area contributed by atoms with Crippen molar-refractivity contribution in [2.75, 3.05) is 19.0 Å². The second-order valence-corrected chi connectivity index (χ2v) is 7.87. The van der Waals surface area contributed by atoms with E-state index >= 15 is 0 Å². The van der Waals surface area contributed by atoms with Gasteiger partial charge in [-0.25, -0.2) is 4.98 Å². The fourth-order valence-corrected chi connectivity index (χ4v) is 4.21. The van der Waals surface area contributed by atoms with Gasteiger partial charge in [0.1, 0.15) is 24.3 Å². The Morgan fingerprint density at radius 2 is 1.74 bits per heavy atom. The molecule has 0 fully saturated rings. The lowest BCUT2D eigenvalue weighted by Crippen LogP contribution is -2.15. The third kappa shape index (κ3) is 4.78. The molecule has 1 aromatic heterocycles. The molecule has 4 nitrogen and oxygen atoms in total. The number of aryl methyl sites for hydroxylation is 1. The number of nitrogens with zero attached hydrogens (tertiary/aromatic N) is 2. The molecule has 0 atom stereocenters. The van der Waals surface area contributed by atoms with Crippen LogP contribution in [-0.2, 0) is 12.6 Å². The maximum absolute atomic E-state index is 13.7. The summed E-state index contributed by atoms with van der Waals surface area (Å²) in [6.45, 7) is 0.785. The first-order valence-corrected chi connectivity index (χ1v) is 10.5. The lowest BCUT2D eigenvalue weighted by molar-refractivity contribution is -0.138. The van der Waals surface area contributed by atoms with Crippen LogP contribution in [0.2, 0.25) is 0 Å². The van der Waals surface area contributed by atoms with Crippen molar-refractivity contribution in [1.29, 1.82) is 5.26 Å². The van der Waals surface area contributed by atoms with Gasteiger partial charge in [0.15, 0.2) is 11.5 Å². The summed E-state index contributed by atoms with van der Waals surface area (Å²) in [6, 6.07) is 17.1. The predicted octanol–water partition coefficient (Wildman–Crippen LogP) is 5.75. The van der Waals surface area contributed by atoms with Gasteiger partial charge in [-0.2, -0.15) is 18.4 Å². The highest BCUT2D eigenvalue weighted by atomic mass is 32.2. The Morgan fingerprint density at radius 1 is 1.00 bits per heavy atom.